The van der Waals surface area contributed by atoms with E-state index in [1.807, 2.05) is 0 Å². The van der Waals surface area contributed by atoms with E-state index in [2.05, 4.69) is 15.2 Å². The lowest BCUT2D eigenvalue weighted by atomic mass is 10.0. The third-order valence-electron chi connectivity index (χ3n) is 7.99. The number of rotatable bonds is 4. The number of pyridine rings is 1. The number of hydrogen-bond donors (Lipinski definition) is 2. The molecule has 0 radical (unpaired) electrons. The summed E-state index contributed by atoms with van der Waals surface area (Å²) in [5.41, 5.74) is 2.41. The second kappa shape index (κ2) is 8.91. The normalized spacial score (nSPS) is 25.4. The van der Waals surface area contributed by atoms with Crippen molar-refractivity contribution in [2.75, 3.05) is 26.2 Å². The summed E-state index contributed by atoms with van der Waals surface area (Å²) in [7, 11) is 0. The summed E-state index contributed by atoms with van der Waals surface area (Å²) in [4.78, 5) is 57.3. The summed E-state index contributed by atoms with van der Waals surface area (Å²) in [5.74, 6) is -0.977. The first kappa shape index (κ1) is 23.5. The molecule has 11 heteroatoms. The zero-order chi connectivity index (χ0) is 25.8. The van der Waals surface area contributed by atoms with Gasteiger partial charge in [0.2, 0.25) is 11.8 Å². The Morgan fingerprint density at radius 1 is 1.11 bits per heavy atom. The number of likely N-dealkylation sites (tertiary alicyclic amines) is 2. The molecule has 3 fully saturated rings. The number of benzene rings is 1. The van der Waals surface area contributed by atoms with Crippen LogP contribution in [0.25, 0.3) is 11.3 Å². The summed E-state index contributed by atoms with van der Waals surface area (Å²) in [6.45, 7) is 3.10. The number of halogens is 1. The molecule has 37 heavy (non-hydrogen) atoms. The fourth-order valence-corrected chi connectivity index (χ4v) is 6.15. The largest absolute Gasteiger partial charge is 0.465 e. The Morgan fingerprint density at radius 2 is 1.86 bits per heavy atom. The summed E-state index contributed by atoms with van der Waals surface area (Å²) in [6.07, 6.45) is 1.15. The second-order valence-electron chi connectivity index (χ2n) is 10.3. The van der Waals surface area contributed by atoms with Crippen molar-refractivity contribution in [2.24, 2.45) is 11.8 Å². The molecule has 10 nitrogen and oxygen atoms in total. The van der Waals surface area contributed by atoms with Gasteiger partial charge in [0, 0.05) is 68.6 Å². The molecule has 4 amide bonds. The minimum absolute atomic E-state index is 0.181. The van der Waals surface area contributed by atoms with Crippen LogP contribution >= 0.6 is 0 Å². The van der Waals surface area contributed by atoms with Gasteiger partial charge >= 0.3 is 6.09 Å². The summed E-state index contributed by atoms with van der Waals surface area (Å²) in [5, 5.41) is 11.5. The van der Waals surface area contributed by atoms with Crippen molar-refractivity contribution in [1.82, 2.24) is 25.0 Å². The van der Waals surface area contributed by atoms with E-state index >= 15 is 4.39 Å². The predicted octanol–water partition coefficient (Wildman–Crippen LogP) is 1.69. The zero-order valence-electron chi connectivity index (χ0n) is 20.0. The highest BCUT2D eigenvalue weighted by Gasteiger charge is 2.42. The standard InChI is InChI=1S/C26H26FN5O5/c27-22-15(8-30-9-17-11-31(26(36)37)12-18(17)10-30)5-6-28-23(22)14-1-2-19-16(7-14)13-32(25(19)35)20-3-4-21(33)29-24(20)34/h1-2,5-7,17-18,20H,3-4,8-13H2,(H,36,37)(H,29,33,34)/t17-,18-,20?/m0/s1. The molecule has 3 atom stereocenters. The topological polar surface area (TPSA) is 123 Å². The molecule has 1 aromatic heterocycles. The zero-order valence-corrected chi connectivity index (χ0v) is 20.0. The van der Waals surface area contributed by atoms with Gasteiger partial charge in [-0.15, -0.1) is 0 Å². The first-order valence-corrected chi connectivity index (χ1v) is 12.4. The average Bonchev–Trinajstić information content (AvgIpc) is 3.52. The third kappa shape index (κ3) is 4.12. The van der Waals surface area contributed by atoms with Gasteiger partial charge in [0.15, 0.2) is 5.82 Å². The smallest absolute Gasteiger partial charge is 0.407 e. The van der Waals surface area contributed by atoms with E-state index < -0.39 is 23.9 Å². The van der Waals surface area contributed by atoms with Crippen LogP contribution < -0.4 is 5.32 Å². The van der Waals surface area contributed by atoms with Crippen LogP contribution in [0, 0.1) is 17.7 Å². The van der Waals surface area contributed by atoms with Crippen LogP contribution in [-0.4, -0.2) is 80.8 Å². The van der Waals surface area contributed by atoms with Crippen molar-refractivity contribution in [3.05, 3.63) is 53.0 Å². The molecule has 5 heterocycles. The molecule has 4 aliphatic rings. The van der Waals surface area contributed by atoms with Gasteiger partial charge < -0.3 is 14.9 Å². The van der Waals surface area contributed by atoms with Gasteiger partial charge in [0.05, 0.1) is 0 Å². The van der Waals surface area contributed by atoms with Gasteiger partial charge in [-0.25, -0.2) is 9.18 Å². The maximum Gasteiger partial charge on any atom is 0.407 e. The van der Waals surface area contributed by atoms with Crippen molar-refractivity contribution in [3.63, 3.8) is 0 Å². The highest BCUT2D eigenvalue weighted by atomic mass is 19.1. The number of carboxylic acid groups (broad SMARTS) is 1. The van der Waals surface area contributed by atoms with Crippen molar-refractivity contribution in [3.8, 4) is 11.3 Å². The lowest BCUT2D eigenvalue weighted by Gasteiger charge is -2.29. The Labute approximate surface area is 212 Å². The molecule has 2 N–H and O–H groups in total. The highest BCUT2D eigenvalue weighted by Crippen LogP contribution is 2.34. The number of carbonyl (C=O) groups excluding carboxylic acids is 3. The number of nitrogens with one attached hydrogen (secondary N) is 1. The van der Waals surface area contributed by atoms with Crippen LogP contribution in [0.1, 0.15) is 34.3 Å². The Hall–Kier alpha value is -3.86. The molecule has 0 saturated carbocycles. The van der Waals surface area contributed by atoms with Crippen LogP contribution in [0.3, 0.4) is 0 Å². The number of aromatic nitrogens is 1. The molecule has 4 aliphatic heterocycles. The van der Waals surface area contributed by atoms with E-state index in [4.69, 9.17) is 0 Å². The number of fused-ring (bicyclic) bond motifs is 2. The van der Waals surface area contributed by atoms with Crippen molar-refractivity contribution in [2.45, 2.75) is 32.0 Å². The van der Waals surface area contributed by atoms with Gasteiger partial charge in [-0.1, -0.05) is 6.07 Å². The first-order chi connectivity index (χ1) is 17.8. The number of piperidine rings is 1. The summed E-state index contributed by atoms with van der Waals surface area (Å²) in [6, 6.07) is 6.01. The van der Waals surface area contributed by atoms with E-state index in [0.29, 0.717) is 41.9 Å². The van der Waals surface area contributed by atoms with Crippen LogP contribution in [-0.2, 0) is 22.7 Å². The molecule has 0 bridgehead atoms. The Morgan fingerprint density at radius 3 is 2.57 bits per heavy atom. The van der Waals surface area contributed by atoms with E-state index in [0.717, 1.165) is 13.1 Å². The van der Waals surface area contributed by atoms with Crippen molar-refractivity contribution in [1.29, 1.82) is 0 Å². The van der Waals surface area contributed by atoms with E-state index in [9.17, 15) is 24.3 Å². The number of imide groups is 1. The maximum absolute atomic E-state index is 15.6. The van der Waals surface area contributed by atoms with E-state index in [1.165, 1.54) is 9.80 Å². The van der Waals surface area contributed by atoms with Crippen LogP contribution in [0.15, 0.2) is 30.5 Å². The van der Waals surface area contributed by atoms with Gasteiger partial charge in [-0.3, -0.25) is 29.6 Å². The molecular weight excluding hydrogens is 481 g/mol. The molecule has 192 valence electrons. The quantitative estimate of drug-likeness (QED) is 0.604. The fourth-order valence-electron chi connectivity index (χ4n) is 6.15. The molecule has 6 rings (SSSR count). The number of nitrogens with zero attached hydrogens (tertiary/aromatic N) is 4. The molecule has 1 aromatic carbocycles. The van der Waals surface area contributed by atoms with Crippen molar-refractivity contribution >= 4 is 23.8 Å². The SMILES string of the molecule is O=C1CCC(N2Cc3cc(-c4nccc(CN5C[C@H]6CN(C(=O)O)C[C@@H]6C5)c4F)ccc3C2=O)C(=O)N1. The van der Waals surface area contributed by atoms with Crippen LogP contribution in [0.2, 0.25) is 0 Å². The van der Waals surface area contributed by atoms with E-state index in [1.54, 1.807) is 30.5 Å². The molecule has 2 aromatic rings. The lowest BCUT2D eigenvalue weighted by molar-refractivity contribution is -0.136. The van der Waals surface area contributed by atoms with E-state index in [-0.39, 0.29) is 48.7 Å². The molecule has 1 unspecified atom stereocenters. The number of carbonyl (C=O) groups is 4. The molecule has 0 aliphatic carbocycles. The third-order valence-corrected chi connectivity index (χ3v) is 7.99. The number of amides is 4. The highest BCUT2D eigenvalue weighted by molar-refractivity contribution is 6.05. The van der Waals surface area contributed by atoms with Gasteiger partial charge in [-0.05, 0) is 42.0 Å². The van der Waals surface area contributed by atoms with Crippen LogP contribution in [0.4, 0.5) is 9.18 Å². The molecule has 0 spiro atoms. The van der Waals surface area contributed by atoms with Crippen LogP contribution in [0.5, 0.6) is 0 Å². The Bertz CT molecular complexity index is 1320. The monoisotopic (exact) mass is 507 g/mol. The van der Waals surface area contributed by atoms with Crippen molar-refractivity contribution < 1.29 is 28.7 Å². The Balaban J connectivity index is 1.18. The summed E-state index contributed by atoms with van der Waals surface area (Å²) < 4.78 is 15.6. The molecular formula is C26H26FN5O5. The predicted molar refractivity (Wildman–Crippen MR) is 128 cm³/mol. The summed E-state index contributed by atoms with van der Waals surface area (Å²) >= 11 is 0. The number of hydrogen-bond acceptors (Lipinski definition) is 6. The van der Waals surface area contributed by atoms with Gasteiger partial charge in [0.1, 0.15) is 11.7 Å². The Kier molecular flexibility index (Phi) is 5.67. The minimum atomic E-state index is -0.887. The lowest BCUT2D eigenvalue weighted by Crippen LogP contribution is -2.52. The first-order valence-electron chi connectivity index (χ1n) is 12.4. The fraction of sp³-hybridized carbons (Fsp3) is 0.423. The second-order valence-corrected chi connectivity index (χ2v) is 10.3. The van der Waals surface area contributed by atoms with Gasteiger partial charge in [0.25, 0.3) is 5.91 Å². The van der Waals surface area contributed by atoms with Gasteiger partial charge in [-0.2, -0.15) is 0 Å². The molecule has 3 saturated heterocycles. The average molecular weight is 508 g/mol. The maximum atomic E-state index is 15.6. The minimum Gasteiger partial charge on any atom is -0.465 e.